The molecule has 11 nitrogen and oxygen atoms in total. The molecule has 1 aromatic heterocycles. The van der Waals surface area contributed by atoms with Crippen LogP contribution in [0.4, 0.5) is 14.5 Å². The van der Waals surface area contributed by atoms with Crippen molar-refractivity contribution in [2.24, 2.45) is 0 Å². The number of aliphatic hydroxyl groups excluding tert-OH is 3. The monoisotopic (exact) mass is 617 g/mol. The van der Waals surface area contributed by atoms with E-state index in [2.05, 4.69) is 10.3 Å². The minimum absolute atomic E-state index is 0.0352. The Balaban J connectivity index is 1.56. The number of methoxy groups -OCH3 is 1. The van der Waals surface area contributed by atoms with Gasteiger partial charge >= 0.3 is 0 Å². The van der Waals surface area contributed by atoms with Crippen molar-refractivity contribution in [2.45, 2.75) is 68.8 Å². The quantitative estimate of drug-likeness (QED) is 0.363. The number of hydrogen-bond acceptors (Lipinski definition) is 9. The van der Waals surface area contributed by atoms with Gasteiger partial charge in [0.1, 0.15) is 30.0 Å². The van der Waals surface area contributed by atoms with Gasteiger partial charge in [0.15, 0.2) is 17.7 Å². The Kier molecular flexibility index (Phi) is 9.07. The molecule has 0 spiro atoms. The fourth-order valence-corrected chi connectivity index (χ4v) is 6.10. The van der Waals surface area contributed by atoms with Crippen LogP contribution < -0.4 is 4.90 Å². The van der Waals surface area contributed by atoms with Gasteiger partial charge < -0.3 is 29.7 Å². The number of amides is 1. The lowest BCUT2D eigenvalue weighted by atomic mass is 9.91. The maximum absolute atomic E-state index is 14.7. The number of nitriles is 1. The highest BCUT2D eigenvalue weighted by atomic mass is 35.5. The van der Waals surface area contributed by atoms with E-state index in [1.54, 1.807) is 0 Å². The first kappa shape index (κ1) is 30.9. The zero-order valence-corrected chi connectivity index (χ0v) is 24.0. The number of aliphatic hydroxyl groups is 3. The second-order valence-corrected chi connectivity index (χ2v) is 11.1. The Morgan fingerprint density at radius 3 is 2.67 bits per heavy atom. The van der Waals surface area contributed by atoms with E-state index in [1.807, 2.05) is 6.07 Å². The van der Waals surface area contributed by atoms with Crippen molar-refractivity contribution in [1.29, 1.82) is 5.26 Å². The van der Waals surface area contributed by atoms with Crippen molar-refractivity contribution >= 4 is 23.2 Å². The third kappa shape index (κ3) is 5.74. The standard InChI is InChI=1S/C29H30ClF2N5O6/c1-14-6-7-18(24(32)23(14)31)19-12-36(35-34-19)25-26(40)22(13-38)43-28(27(25)42-2)29(41)37(20-4-3-5-21(20)39)17-9-15(11-33)8-16(30)10-17/h6-10,12,20-22,25-28,38-40H,3-5,13H2,1-2H3/t20-,21-,22-,25+,26+,27-,28-/m1/s1. The average Bonchev–Trinajstić information content (AvgIpc) is 3.64. The molecule has 3 N–H and O–H groups in total. The molecule has 2 heterocycles. The summed E-state index contributed by atoms with van der Waals surface area (Å²) in [5.41, 5.74) is 0.358. The third-order valence-electron chi connectivity index (χ3n) is 8.05. The van der Waals surface area contributed by atoms with Crippen LogP contribution in [0.3, 0.4) is 0 Å². The van der Waals surface area contributed by atoms with E-state index in [-0.39, 0.29) is 33.1 Å². The van der Waals surface area contributed by atoms with Crippen LogP contribution in [0, 0.1) is 29.9 Å². The molecular weight excluding hydrogens is 588 g/mol. The largest absolute Gasteiger partial charge is 0.394 e. The van der Waals surface area contributed by atoms with Gasteiger partial charge in [-0.3, -0.25) is 4.79 Å². The molecule has 2 aromatic carbocycles. The van der Waals surface area contributed by atoms with Crippen LogP contribution >= 0.6 is 11.6 Å². The molecule has 43 heavy (non-hydrogen) atoms. The summed E-state index contributed by atoms with van der Waals surface area (Å²) in [7, 11) is 1.29. The molecule has 1 amide bonds. The van der Waals surface area contributed by atoms with E-state index in [0.717, 1.165) is 0 Å². The number of carbonyl (C=O) groups excluding carboxylic acids is 1. The highest BCUT2D eigenvalue weighted by molar-refractivity contribution is 6.31. The van der Waals surface area contributed by atoms with Gasteiger partial charge in [-0.1, -0.05) is 22.9 Å². The van der Waals surface area contributed by atoms with Crippen molar-refractivity contribution in [3.8, 4) is 17.3 Å². The topological polar surface area (TPSA) is 154 Å². The SMILES string of the molecule is CO[C@@H]1[C@@H](n2cc(-c3ccc(C)c(F)c3F)nn2)[C@@H](O)[C@@H](CO)O[C@H]1C(=O)N(c1cc(Cl)cc(C#N)c1)[C@@H]1CCC[C@H]1O. The number of rotatable bonds is 7. The molecule has 1 aliphatic heterocycles. The molecule has 1 saturated heterocycles. The Bertz CT molecular complexity index is 1550. The number of halogens is 3. The third-order valence-corrected chi connectivity index (χ3v) is 8.27. The van der Waals surface area contributed by atoms with Gasteiger partial charge in [0.05, 0.1) is 36.6 Å². The number of anilines is 1. The summed E-state index contributed by atoms with van der Waals surface area (Å²) in [5, 5.41) is 49.8. The first-order valence-electron chi connectivity index (χ1n) is 13.6. The summed E-state index contributed by atoms with van der Waals surface area (Å²) in [6.07, 6.45) is -3.49. The summed E-state index contributed by atoms with van der Waals surface area (Å²) in [4.78, 5) is 15.7. The van der Waals surface area contributed by atoms with Crippen LogP contribution in [-0.4, -0.2) is 86.5 Å². The molecule has 2 fully saturated rings. The van der Waals surface area contributed by atoms with E-state index in [1.165, 1.54) is 60.1 Å². The molecule has 228 valence electrons. The summed E-state index contributed by atoms with van der Waals surface area (Å²) < 4.78 is 41.8. The normalized spacial score (nSPS) is 27.2. The van der Waals surface area contributed by atoms with Gasteiger partial charge in [-0.15, -0.1) is 5.10 Å². The molecule has 3 aromatic rings. The first-order chi connectivity index (χ1) is 20.6. The number of ether oxygens (including phenoxy) is 2. The Hall–Kier alpha value is -3.51. The zero-order chi connectivity index (χ0) is 31.0. The smallest absolute Gasteiger partial charge is 0.259 e. The predicted octanol–water partition coefficient (Wildman–Crippen LogP) is 2.68. The molecule has 1 aliphatic carbocycles. The minimum Gasteiger partial charge on any atom is -0.394 e. The maximum atomic E-state index is 14.7. The molecule has 0 radical (unpaired) electrons. The number of aromatic nitrogens is 3. The van der Waals surface area contributed by atoms with Gasteiger partial charge in [0.25, 0.3) is 5.91 Å². The number of aryl methyl sites for hydroxylation is 1. The number of carbonyl (C=O) groups is 1. The second kappa shape index (κ2) is 12.6. The van der Waals surface area contributed by atoms with E-state index < -0.39 is 66.8 Å². The average molecular weight is 618 g/mol. The molecule has 5 rings (SSSR count). The highest BCUT2D eigenvalue weighted by Gasteiger charge is 2.52. The Labute approximate surface area is 250 Å². The van der Waals surface area contributed by atoms with E-state index in [9.17, 15) is 34.2 Å². The molecule has 0 unspecified atom stereocenters. The molecular formula is C29H30ClF2N5O6. The van der Waals surface area contributed by atoms with Crippen molar-refractivity contribution in [2.75, 3.05) is 18.6 Å². The molecule has 0 bridgehead atoms. The van der Waals surface area contributed by atoms with Crippen molar-refractivity contribution in [3.05, 3.63) is 64.3 Å². The van der Waals surface area contributed by atoms with Crippen LogP contribution in [0.5, 0.6) is 0 Å². The van der Waals surface area contributed by atoms with E-state index >= 15 is 0 Å². The molecule has 1 saturated carbocycles. The molecule has 2 aliphatic rings. The summed E-state index contributed by atoms with van der Waals surface area (Å²) in [6, 6.07) is 7.29. The lowest BCUT2D eigenvalue weighted by Gasteiger charge is -2.45. The van der Waals surface area contributed by atoms with Crippen molar-refractivity contribution < 1.29 is 38.4 Å². The minimum atomic E-state index is -1.46. The van der Waals surface area contributed by atoms with Crippen LogP contribution in [0.2, 0.25) is 5.02 Å². The lowest BCUT2D eigenvalue weighted by molar-refractivity contribution is -0.211. The lowest BCUT2D eigenvalue weighted by Crippen LogP contribution is -2.62. The van der Waals surface area contributed by atoms with Crippen LogP contribution in [-0.2, 0) is 14.3 Å². The summed E-state index contributed by atoms with van der Waals surface area (Å²) in [6.45, 7) is 0.740. The molecule has 7 atom stereocenters. The van der Waals surface area contributed by atoms with E-state index in [0.29, 0.717) is 19.3 Å². The fraction of sp³-hybridized carbons (Fsp3) is 0.448. The van der Waals surface area contributed by atoms with Crippen LogP contribution in [0.15, 0.2) is 36.5 Å². The number of hydrogen-bond donors (Lipinski definition) is 3. The van der Waals surface area contributed by atoms with Crippen LogP contribution in [0.25, 0.3) is 11.3 Å². The number of benzene rings is 2. The van der Waals surface area contributed by atoms with Gasteiger partial charge in [-0.2, -0.15) is 5.26 Å². The van der Waals surface area contributed by atoms with Gasteiger partial charge in [0.2, 0.25) is 0 Å². The second-order valence-electron chi connectivity index (χ2n) is 10.7. The number of nitrogens with zero attached hydrogens (tertiary/aromatic N) is 5. The molecule has 14 heteroatoms. The summed E-state index contributed by atoms with van der Waals surface area (Å²) >= 11 is 6.27. The zero-order valence-electron chi connectivity index (χ0n) is 23.3. The van der Waals surface area contributed by atoms with Gasteiger partial charge in [0, 0.05) is 23.4 Å². The Morgan fingerprint density at radius 2 is 2.02 bits per heavy atom. The van der Waals surface area contributed by atoms with Gasteiger partial charge in [-0.25, -0.2) is 13.5 Å². The highest BCUT2D eigenvalue weighted by Crippen LogP contribution is 2.37. The van der Waals surface area contributed by atoms with Crippen molar-refractivity contribution in [3.63, 3.8) is 0 Å². The Morgan fingerprint density at radius 1 is 1.26 bits per heavy atom. The predicted molar refractivity (Wildman–Crippen MR) is 149 cm³/mol. The summed E-state index contributed by atoms with van der Waals surface area (Å²) in [5.74, 6) is -2.83. The fourth-order valence-electron chi connectivity index (χ4n) is 5.87. The first-order valence-corrected chi connectivity index (χ1v) is 14.0. The van der Waals surface area contributed by atoms with Crippen molar-refractivity contribution in [1.82, 2.24) is 15.0 Å². The van der Waals surface area contributed by atoms with Crippen LogP contribution in [0.1, 0.15) is 36.4 Å². The van der Waals surface area contributed by atoms with E-state index in [4.69, 9.17) is 21.1 Å². The maximum Gasteiger partial charge on any atom is 0.259 e. The van der Waals surface area contributed by atoms with Gasteiger partial charge in [-0.05, 0) is 56.0 Å².